The molecule has 0 radical (unpaired) electrons. The van der Waals surface area contributed by atoms with Crippen molar-refractivity contribution in [2.45, 2.75) is 20.0 Å². The molecule has 92 valence electrons. The monoisotopic (exact) mass is 259 g/mol. The van der Waals surface area contributed by atoms with Gasteiger partial charge in [0, 0.05) is 18.8 Å². The van der Waals surface area contributed by atoms with Crippen LogP contribution >= 0.6 is 11.3 Å². The summed E-state index contributed by atoms with van der Waals surface area (Å²) in [7, 11) is 0. The number of carbonyl (C=O) groups excluding carboxylic acids is 1. The average molecular weight is 259 g/mol. The van der Waals surface area contributed by atoms with Crippen LogP contribution in [0.15, 0.2) is 24.4 Å². The summed E-state index contributed by atoms with van der Waals surface area (Å²) in [6, 6.07) is 5.82. The van der Waals surface area contributed by atoms with E-state index in [1.807, 2.05) is 30.0 Å². The van der Waals surface area contributed by atoms with Crippen molar-refractivity contribution in [3.8, 4) is 0 Å². The van der Waals surface area contributed by atoms with Crippen molar-refractivity contribution in [3.05, 3.63) is 45.4 Å². The highest BCUT2D eigenvalue weighted by Gasteiger charge is 2.25. The lowest BCUT2D eigenvalue weighted by Gasteiger charge is -2.13. The Morgan fingerprint density at radius 1 is 1.39 bits per heavy atom. The van der Waals surface area contributed by atoms with Crippen molar-refractivity contribution >= 4 is 22.9 Å². The Morgan fingerprint density at radius 3 is 2.89 bits per heavy atom. The summed E-state index contributed by atoms with van der Waals surface area (Å²) in [6.07, 6.45) is 1.65. The first-order chi connectivity index (χ1) is 8.63. The minimum atomic E-state index is 0.0513. The molecule has 1 aromatic heterocycles. The smallest absolute Gasteiger partial charge is 0.266 e. The maximum atomic E-state index is 12.3. The highest BCUT2D eigenvalue weighted by atomic mass is 32.1. The fourth-order valence-electron chi connectivity index (χ4n) is 2.17. The molecule has 1 aliphatic rings. The molecule has 0 fully saturated rings. The number of nitrogen functional groups attached to an aromatic ring is 1. The standard InChI is InChI=1S/C13H13N3OS/c1-8-15-5-12(18-8)13(17)16-6-9-2-3-11(14)4-10(9)7-16/h2-5H,6-7,14H2,1H3. The van der Waals surface area contributed by atoms with E-state index in [0.717, 1.165) is 16.3 Å². The van der Waals surface area contributed by atoms with E-state index in [1.54, 1.807) is 6.20 Å². The Bertz CT molecular complexity index is 620. The first-order valence-electron chi connectivity index (χ1n) is 5.72. The van der Waals surface area contributed by atoms with Crippen molar-refractivity contribution in [1.29, 1.82) is 0 Å². The van der Waals surface area contributed by atoms with E-state index in [0.29, 0.717) is 18.0 Å². The summed E-state index contributed by atoms with van der Waals surface area (Å²) < 4.78 is 0. The van der Waals surface area contributed by atoms with Gasteiger partial charge < -0.3 is 10.6 Å². The van der Waals surface area contributed by atoms with Crippen molar-refractivity contribution < 1.29 is 4.79 Å². The van der Waals surface area contributed by atoms with Crippen LogP contribution in [0.1, 0.15) is 25.8 Å². The van der Waals surface area contributed by atoms with Crippen LogP contribution < -0.4 is 5.73 Å². The van der Waals surface area contributed by atoms with Crippen LogP contribution in [0.4, 0.5) is 5.69 Å². The Kier molecular flexibility index (Phi) is 2.56. The quantitative estimate of drug-likeness (QED) is 0.799. The zero-order valence-electron chi connectivity index (χ0n) is 10.0. The van der Waals surface area contributed by atoms with Crippen LogP contribution in [0.5, 0.6) is 0 Å². The van der Waals surface area contributed by atoms with Crippen LogP contribution in [0.3, 0.4) is 0 Å². The third kappa shape index (κ3) is 1.86. The summed E-state index contributed by atoms with van der Waals surface area (Å²) in [4.78, 5) is 18.9. The molecular formula is C13H13N3OS. The summed E-state index contributed by atoms with van der Waals surface area (Å²) in [5, 5.41) is 0.916. The first kappa shape index (κ1) is 11.2. The number of nitrogens with zero attached hydrogens (tertiary/aromatic N) is 2. The lowest BCUT2D eigenvalue weighted by Crippen LogP contribution is -2.24. The van der Waals surface area contributed by atoms with Crippen LogP contribution in [-0.4, -0.2) is 15.8 Å². The third-order valence-electron chi connectivity index (χ3n) is 3.07. The molecule has 1 aliphatic heterocycles. The lowest BCUT2D eigenvalue weighted by atomic mass is 10.1. The van der Waals surface area contributed by atoms with Gasteiger partial charge in [0.1, 0.15) is 4.88 Å². The zero-order valence-corrected chi connectivity index (χ0v) is 10.8. The lowest BCUT2D eigenvalue weighted by molar-refractivity contribution is 0.0756. The minimum absolute atomic E-state index is 0.0513. The Morgan fingerprint density at radius 2 is 2.17 bits per heavy atom. The molecular weight excluding hydrogens is 246 g/mol. The molecule has 0 atom stereocenters. The topological polar surface area (TPSA) is 59.2 Å². The van der Waals surface area contributed by atoms with Gasteiger partial charge in [0.2, 0.25) is 0 Å². The maximum absolute atomic E-state index is 12.3. The van der Waals surface area contributed by atoms with Gasteiger partial charge in [-0.2, -0.15) is 0 Å². The molecule has 0 saturated carbocycles. The number of amides is 1. The second-order valence-corrected chi connectivity index (χ2v) is 5.67. The number of hydrogen-bond acceptors (Lipinski definition) is 4. The molecule has 3 rings (SSSR count). The minimum Gasteiger partial charge on any atom is -0.399 e. The largest absolute Gasteiger partial charge is 0.399 e. The predicted molar refractivity (Wildman–Crippen MR) is 71.3 cm³/mol. The van der Waals surface area contributed by atoms with Gasteiger partial charge in [-0.1, -0.05) is 6.07 Å². The number of thiazole rings is 1. The van der Waals surface area contributed by atoms with Gasteiger partial charge in [0.15, 0.2) is 0 Å². The molecule has 1 amide bonds. The van der Waals surface area contributed by atoms with E-state index in [4.69, 9.17) is 5.73 Å². The molecule has 2 N–H and O–H groups in total. The molecule has 18 heavy (non-hydrogen) atoms. The molecule has 0 saturated heterocycles. The van der Waals surface area contributed by atoms with E-state index in [1.165, 1.54) is 16.9 Å². The van der Waals surface area contributed by atoms with E-state index < -0.39 is 0 Å². The summed E-state index contributed by atoms with van der Waals surface area (Å²) in [6.45, 7) is 3.20. The van der Waals surface area contributed by atoms with E-state index >= 15 is 0 Å². The molecule has 0 bridgehead atoms. The van der Waals surface area contributed by atoms with Crippen LogP contribution in [0, 0.1) is 6.92 Å². The first-order valence-corrected chi connectivity index (χ1v) is 6.54. The summed E-state index contributed by atoms with van der Waals surface area (Å²) in [5.41, 5.74) is 8.82. The molecule has 4 nitrogen and oxygen atoms in total. The Hall–Kier alpha value is -1.88. The Balaban J connectivity index is 1.83. The van der Waals surface area contributed by atoms with E-state index in [9.17, 15) is 4.79 Å². The van der Waals surface area contributed by atoms with Crippen molar-refractivity contribution in [2.75, 3.05) is 5.73 Å². The van der Waals surface area contributed by atoms with Crippen LogP contribution in [0.25, 0.3) is 0 Å². The molecule has 0 spiro atoms. The Labute approximate surface area is 109 Å². The molecule has 0 unspecified atom stereocenters. The number of anilines is 1. The third-order valence-corrected chi connectivity index (χ3v) is 3.97. The van der Waals surface area contributed by atoms with Crippen molar-refractivity contribution in [3.63, 3.8) is 0 Å². The number of nitrogens with two attached hydrogens (primary N) is 1. The van der Waals surface area contributed by atoms with Crippen molar-refractivity contribution in [1.82, 2.24) is 9.88 Å². The zero-order chi connectivity index (χ0) is 12.7. The number of rotatable bonds is 1. The predicted octanol–water partition coefficient (Wildman–Crippen LogP) is 2.19. The maximum Gasteiger partial charge on any atom is 0.266 e. The fourth-order valence-corrected chi connectivity index (χ4v) is 2.92. The normalized spacial score (nSPS) is 13.7. The van der Waals surface area contributed by atoms with Crippen molar-refractivity contribution in [2.24, 2.45) is 0 Å². The number of carbonyl (C=O) groups is 1. The number of aromatic nitrogens is 1. The second kappa shape index (κ2) is 4.10. The SMILES string of the molecule is Cc1ncc(C(=O)N2Cc3ccc(N)cc3C2)s1. The summed E-state index contributed by atoms with van der Waals surface area (Å²) >= 11 is 1.44. The van der Waals surface area contributed by atoms with Crippen LogP contribution in [0.2, 0.25) is 0 Å². The fraction of sp³-hybridized carbons (Fsp3) is 0.231. The van der Waals surface area contributed by atoms with Gasteiger partial charge in [0.25, 0.3) is 5.91 Å². The molecule has 2 aromatic rings. The number of hydrogen-bond donors (Lipinski definition) is 1. The highest BCUT2D eigenvalue weighted by molar-refractivity contribution is 7.13. The number of fused-ring (bicyclic) bond motifs is 1. The van der Waals surface area contributed by atoms with Gasteiger partial charge in [-0.25, -0.2) is 4.98 Å². The highest BCUT2D eigenvalue weighted by Crippen LogP contribution is 2.27. The second-order valence-electron chi connectivity index (χ2n) is 4.43. The molecule has 5 heteroatoms. The van der Waals surface area contributed by atoms with Gasteiger partial charge in [-0.15, -0.1) is 11.3 Å². The number of aryl methyl sites for hydroxylation is 1. The van der Waals surface area contributed by atoms with Gasteiger partial charge in [0.05, 0.1) is 11.2 Å². The van der Waals surface area contributed by atoms with E-state index in [2.05, 4.69) is 4.98 Å². The molecule has 1 aromatic carbocycles. The van der Waals surface area contributed by atoms with Gasteiger partial charge in [-0.3, -0.25) is 4.79 Å². The molecule has 0 aliphatic carbocycles. The van der Waals surface area contributed by atoms with Gasteiger partial charge >= 0.3 is 0 Å². The van der Waals surface area contributed by atoms with Gasteiger partial charge in [-0.05, 0) is 30.2 Å². The summed E-state index contributed by atoms with van der Waals surface area (Å²) in [5.74, 6) is 0.0513. The molecule has 2 heterocycles. The number of benzene rings is 1. The van der Waals surface area contributed by atoms with E-state index in [-0.39, 0.29) is 5.91 Å². The van der Waals surface area contributed by atoms with Crippen LogP contribution in [-0.2, 0) is 13.1 Å². The average Bonchev–Trinajstić information content (AvgIpc) is 2.93.